The molecule has 0 saturated heterocycles. The minimum absolute atomic E-state index is 0.266. The van der Waals surface area contributed by atoms with Gasteiger partial charge < -0.3 is 10.6 Å². The first-order chi connectivity index (χ1) is 5.56. The molecule has 70 valence electrons. The quantitative estimate of drug-likeness (QED) is 0.662. The number of alkyl halides is 2. The lowest BCUT2D eigenvalue weighted by Crippen LogP contribution is -2.30. The van der Waals surface area contributed by atoms with Crippen molar-refractivity contribution in [3.8, 4) is 6.07 Å². The third kappa shape index (κ3) is 6.01. The van der Waals surface area contributed by atoms with E-state index >= 15 is 0 Å². The van der Waals surface area contributed by atoms with Gasteiger partial charge in [-0.3, -0.25) is 0 Å². The molecule has 0 aliphatic carbocycles. The molecule has 1 unspecified atom stereocenters. The van der Waals surface area contributed by atoms with Crippen molar-refractivity contribution in [2.45, 2.75) is 18.9 Å². The molecule has 0 heterocycles. The van der Waals surface area contributed by atoms with E-state index in [4.69, 9.17) is 11.0 Å². The average molecular weight is 177 g/mol. The number of halogens is 2. The standard InChI is InChI=1S/C7H13F2N3/c1-12(5-7(8)9)3-2-6(11)4-10/h6-7H,2-3,5,11H2,1H3. The van der Waals surface area contributed by atoms with Gasteiger partial charge in [0.25, 0.3) is 6.43 Å². The van der Waals surface area contributed by atoms with Crippen LogP contribution in [0.1, 0.15) is 6.42 Å². The average Bonchev–Trinajstić information content (AvgIpc) is 1.99. The van der Waals surface area contributed by atoms with Crippen molar-refractivity contribution in [1.82, 2.24) is 4.90 Å². The molecule has 0 rings (SSSR count). The molecule has 0 saturated carbocycles. The van der Waals surface area contributed by atoms with Gasteiger partial charge in [-0.1, -0.05) is 0 Å². The summed E-state index contributed by atoms with van der Waals surface area (Å²) < 4.78 is 23.5. The topological polar surface area (TPSA) is 53.0 Å². The molecule has 5 heteroatoms. The van der Waals surface area contributed by atoms with Crippen molar-refractivity contribution in [1.29, 1.82) is 5.26 Å². The van der Waals surface area contributed by atoms with Crippen LogP contribution in [0.5, 0.6) is 0 Å². The van der Waals surface area contributed by atoms with Crippen LogP contribution in [-0.4, -0.2) is 37.5 Å². The zero-order chi connectivity index (χ0) is 9.56. The molecule has 0 amide bonds. The fourth-order valence-corrected chi connectivity index (χ4v) is 0.751. The maximum Gasteiger partial charge on any atom is 0.251 e. The molecule has 0 bridgehead atoms. The van der Waals surface area contributed by atoms with E-state index in [1.165, 1.54) is 4.90 Å². The second-order valence-corrected chi connectivity index (χ2v) is 2.68. The van der Waals surface area contributed by atoms with Crippen molar-refractivity contribution in [3.63, 3.8) is 0 Å². The first-order valence-electron chi connectivity index (χ1n) is 3.68. The van der Waals surface area contributed by atoms with Gasteiger partial charge in [0, 0.05) is 6.54 Å². The Balaban J connectivity index is 3.45. The zero-order valence-electron chi connectivity index (χ0n) is 7.00. The number of hydrogen-bond donors (Lipinski definition) is 1. The highest BCUT2D eigenvalue weighted by atomic mass is 19.3. The summed E-state index contributed by atoms with van der Waals surface area (Å²) in [6, 6.07) is 1.29. The summed E-state index contributed by atoms with van der Waals surface area (Å²) >= 11 is 0. The molecular formula is C7H13F2N3. The Hall–Kier alpha value is -0.730. The Morgan fingerprint density at radius 1 is 1.58 bits per heavy atom. The number of rotatable bonds is 5. The molecular weight excluding hydrogens is 164 g/mol. The lowest BCUT2D eigenvalue weighted by molar-refractivity contribution is 0.0996. The Labute approximate surface area is 70.8 Å². The predicted octanol–water partition coefficient (Wildman–Crippen LogP) is 0.424. The van der Waals surface area contributed by atoms with Crippen LogP contribution in [0.3, 0.4) is 0 Å². The Morgan fingerprint density at radius 3 is 2.58 bits per heavy atom. The summed E-state index contributed by atoms with van der Waals surface area (Å²) in [5.74, 6) is 0. The molecule has 0 fully saturated rings. The zero-order valence-corrected chi connectivity index (χ0v) is 7.00. The normalized spacial score (nSPS) is 13.4. The summed E-state index contributed by atoms with van der Waals surface area (Å²) in [6.45, 7) is 0.164. The monoisotopic (exact) mass is 177 g/mol. The summed E-state index contributed by atoms with van der Waals surface area (Å²) in [4.78, 5) is 1.46. The second-order valence-electron chi connectivity index (χ2n) is 2.68. The summed E-state index contributed by atoms with van der Waals surface area (Å²) in [5, 5.41) is 8.29. The van der Waals surface area contributed by atoms with Gasteiger partial charge in [0.1, 0.15) is 0 Å². The molecule has 0 aromatic heterocycles. The van der Waals surface area contributed by atoms with E-state index in [9.17, 15) is 8.78 Å². The predicted molar refractivity (Wildman–Crippen MR) is 41.7 cm³/mol. The first-order valence-corrected chi connectivity index (χ1v) is 3.68. The van der Waals surface area contributed by atoms with Gasteiger partial charge >= 0.3 is 0 Å². The maximum absolute atomic E-state index is 11.8. The molecule has 0 radical (unpaired) electrons. The molecule has 3 nitrogen and oxygen atoms in total. The van der Waals surface area contributed by atoms with Gasteiger partial charge in [-0.15, -0.1) is 0 Å². The van der Waals surface area contributed by atoms with E-state index < -0.39 is 12.5 Å². The number of nitrogens with two attached hydrogens (primary N) is 1. The Kier molecular flexibility index (Phi) is 5.51. The highest BCUT2D eigenvalue weighted by molar-refractivity contribution is 4.86. The van der Waals surface area contributed by atoms with Gasteiger partial charge in [0.2, 0.25) is 0 Å². The number of hydrogen-bond acceptors (Lipinski definition) is 3. The van der Waals surface area contributed by atoms with Crippen molar-refractivity contribution in [3.05, 3.63) is 0 Å². The molecule has 0 aliphatic rings. The highest BCUT2D eigenvalue weighted by Gasteiger charge is 2.08. The lowest BCUT2D eigenvalue weighted by Gasteiger charge is -2.15. The lowest BCUT2D eigenvalue weighted by atomic mass is 10.2. The molecule has 0 aromatic rings. The highest BCUT2D eigenvalue weighted by Crippen LogP contribution is 1.97. The summed E-state index contributed by atoms with van der Waals surface area (Å²) in [6.07, 6.45) is -1.90. The Morgan fingerprint density at radius 2 is 2.17 bits per heavy atom. The van der Waals surface area contributed by atoms with E-state index in [2.05, 4.69) is 0 Å². The van der Waals surface area contributed by atoms with Crippen molar-refractivity contribution in [2.24, 2.45) is 5.73 Å². The van der Waals surface area contributed by atoms with Crippen LogP contribution >= 0.6 is 0 Å². The van der Waals surface area contributed by atoms with E-state index in [-0.39, 0.29) is 6.54 Å². The van der Waals surface area contributed by atoms with Crippen LogP contribution in [0.15, 0.2) is 0 Å². The van der Waals surface area contributed by atoms with Crippen LogP contribution < -0.4 is 5.73 Å². The number of nitriles is 1. The van der Waals surface area contributed by atoms with Crippen LogP contribution in [0, 0.1) is 11.3 Å². The van der Waals surface area contributed by atoms with Crippen LogP contribution in [0.4, 0.5) is 8.78 Å². The van der Waals surface area contributed by atoms with E-state index in [0.29, 0.717) is 13.0 Å². The van der Waals surface area contributed by atoms with Crippen molar-refractivity contribution in [2.75, 3.05) is 20.1 Å². The summed E-state index contributed by atoms with van der Waals surface area (Å²) in [5.41, 5.74) is 5.28. The van der Waals surface area contributed by atoms with Gasteiger partial charge in [-0.05, 0) is 13.5 Å². The minimum Gasteiger partial charge on any atom is -0.316 e. The molecule has 12 heavy (non-hydrogen) atoms. The van der Waals surface area contributed by atoms with E-state index in [1.54, 1.807) is 7.05 Å². The molecule has 2 N–H and O–H groups in total. The van der Waals surface area contributed by atoms with Gasteiger partial charge in [0.05, 0.1) is 18.7 Å². The fraction of sp³-hybridized carbons (Fsp3) is 0.857. The van der Waals surface area contributed by atoms with E-state index in [1.807, 2.05) is 6.07 Å². The number of nitrogens with zero attached hydrogens (tertiary/aromatic N) is 2. The SMILES string of the molecule is CN(CCC(N)C#N)CC(F)F. The van der Waals surface area contributed by atoms with Gasteiger partial charge in [-0.25, -0.2) is 8.78 Å². The smallest absolute Gasteiger partial charge is 0.251 e. The van der Waals surface area contributed by atoms with Crippen LogP contribution in [0.25, 0.3) is 0 Å². The third-order valence-corrected chi connectivity index (χ3v) is 1.44. The van der Waals surface area contributed by atoms with Crippen molar-refractivity contribution >= 4 is 0 Å². The fourth-order valence-electron chi connectivity index (χ4n) is 0.751. The van der Waals surface area contributed by atoms with Crippen LogP contribution in [0.2, 0.25) is 0 Å². The second kappa shape index (κ2) is 5.86. The minimum atomic E-state index is -2.33. The van der Waals surface area contributed by atoms with Crippen LogP contribution in [-0.2, 0) is 0 Å². The summed E-state index contributed by atoms with van der Waals surface area (Å²) in [7, 11) is 1.58. The van der Waals surface area contributed by atoms with E-state index in [0.717, 1.165) is 0 Å². The first kappa shape index (κ1) is 11.3. The molecule has 0 aromatic carbocycles. The largest absolute Gasteiger partial charge is 0.316 e. The molecule has 0 aliphatic heterocycles. The third-order valence-electron chi connectivity index (χ3n) is 1.44. The van der Waals surface area contributed by atoms with Gasteiger partial charge in [-0.2, -0.15) is 5.26 Å². The maximum atomic E-state index is 11.8. The molecule has 0 spiro atoms. The molecule has 1 atom stereocenters. The Bertz CT molecular complexity index is 155. The van der Waals surface area contributed by atoms with Gasteiger partial charge in [0.15, 0.2) is 0 Å². The van der Waals surface area contributed by atoms with Crippen molar-refractivity contribution < 1.29 is 8.78 Å².